The van der Waals surface area contributed by atoms with Gasteiger partial charge in [-0.25, -0.2) is 4.98 Å². The van der Waals surface area contributed by atoms with Gasteiger partial charge in [-0.3, -0.25) is 4.40 Å². The van der Waals surface area contributed by atoms with Crippen LogP contribution in [0.4, 0.5) is 0 Å². The van der Waals surface area contributed by atoms with Crippen molar-refractivity contribution < 1.29 is 12.8 Å². The van der Waals surface area contributed by atoms with Crippen molar-refractivity contribution in [2.45, 2.75) is 34.5 Å². The molecule has 4 nitrogen and oxygen atoms in total. The average molecular weight is 416 g/mol. The summed E-state index contributed by atoms with van der Waals surface area (Å²) in [5.74, 6) is 0.772. The van der Waals surface area contributed by atoms with Crippen molar-refractivity contribution in [2.24, 2.45) is 14.1 Å². The van der Waals surface area contributed by atoms with E-state index in [0.29, 0.717) is 16.8 Å². The van der Waals surface area contributed by atoms with E-state index < -0.39 is 13.7 Å². The summed E-state index contributed by atoms with van der Waals surface area (Å²) in [4.78, 5) is 4.78. The number of benzene rings is 2. The van der Waals surface area contributed by atoms with Gasteiger partial charge in [0.25, 0.3) is 0 Å². The van der Waals surface area contributed by atoms with Gasteiger partial charge in [0.2, 0.25) is 17.2 Å². The lowest BCUT2D eigenvalue weighted by Crippen LogP contribution is -2.36. The normalized spacial score (nSPS) is 15.4. The van der Waals surface area contributed by atoms with E-state index in [4.69, 9.17) is 13.2 Å². The highest BCUT2D eigenvalue weighted by molar-refractivity contribution is 5.81. The van der Waals surface area contributed by atoms with Gasteiger partial charge >= 0.3 is 0 Å². The number of aromatic nitrogens is 4. The van der Waals surface area contributed by atoms with Gasteiger partial charge < -0.3 is 4.57 Å². The lowest BCUT2D eigenvalue weighted by Gasteiger charge is -2.14. The van der Waals surface area contributed by atoms with Crippen LogP contribution in [-0.2, 0) is 14.1 Å². The van der Waals surface area contributed by atoms with Crippen LogP contribution >= 0.6 is 0 Å². The molecule has 0 bridgehead atoms. The molecule has 31 heavy (non-hydrogen) atoms. The Morgan fingerprint density at radius 3 is 2.39 bits per heavy atom. The van der Waals surface area contributed by atoms with Crippen LogP contribution in [0.15, 0.2) is 48.7 Å². The fourth-order valence-electron chi connectivity index (χ4n) is 4.65. The molecule has 0 aliphatic heterocycles. The molecule has 5 aromatic rings. The zero-order chi connectivity index (χ0) is 27.0. The Morgan fingerprint density at radius 1 is 0.871 bits per heavy atom. The number of hydrogen-bond donors (Lipinski definition) is 0. The number of aryl methyl sites for hydroxylation is 6. The molecule has 0 spiro atoms. The zero-order valence-corrected chi connectivity index (χ0v) is 18.4. The average Bonchev–Trinajstić information content (AvgIpc) is 3.29. The van der Waals surface area contributed by atoms with Crippen LogP contribution in [0.2, 0.25) is 0 Å². The number of para-hydroxylation sites is 2. The highest BCUT2D eigenvalue weighted by Crippen LogP contribution is 2.31. The third-order valence-corrected chi connectivity index (χ3v) is 6.22. The van der Waals surface area contributed by atoms with Gasteiger partial charge in [0.15, 0.2) is 0 Å². The molecule has 3 heterocycles. The predicted octanol–water partition coefficient (Wildman–Crippen LogP) is 5.53. The molecule has 3 aromatic heterocycles. The molecule has 0 atom stereocenters. The number of imidazole rings is 2. The van der Waals surface area contributed by atoms with Gasteiger partial charge in [-0.1, -0.05) is 18.2 Å². The van der Waals surface area contributed by atoms with E-state index in [9.17, 15) is 0 Å². The second-order valence-corrected chi connectivity index (χ2v) is 8.32. The molecule has 0 amide bonds. The summed E-state index contributed by atoms with van der Waals surface area (Å²) in [6, 6.07) is 13.1. The van der Waals surface area contributed by atoms with Crippen molar-refractivity contribution >= 4 is 16.8 Å². The van der Waals surface area contributed by atoms with Crippen LogP contribution in [0.1, 0.15) is 36.0 Å². The van der Waals surface area contributed by atoms with E-state index >= 15 is 0 Å². The Balaban J connectivity index is 1.86. The molecule has 2 aromatic carbocycles. The second-order valence-electron chi connectivity index (χ2n) is 8.32. The maximum atomic E-state index is 8.31. The maximum absolute atomic E-state index is 8.31. The van der Waals surface area contributed by atoms with Crippen LogP contribution in [0.3, 0.4) is 0 Å². The summed E-state index contributed by atoms with van der Waals surface area (Å²) in [5, 5.41) is 0. The molecule has 0 N–H and O–H groups in total. The fourth-order valence-corrected chi connectivity index (χ4v) is 4.65. The first-order valence-electron chi connectivity index (χ1n) is 13.3. The number of pyridine rings is 1. The molecule has 0 unspecified atom stereocenters. The quantitative estimate of drug-likeness (QED) is 0.348. The van der Waals surface area contributed by atoms with Crippen molar-refractivity contribution in [3.05, 3.63) is 76.5 Å². The van der Waals surface area contributed by atoms with Gasteiger partial charge in [0.05, 0.1) is 11.0 Å². The minimum absolute atomic E-state index is 0.184. The van der Waals surface area contributed by atoms with Gasteiger partial charge in [0, 0.05) is 38.2 Å². The third kappa shape index (κ3) is 2.82. The Bertz CT molecular complexity index is 1700. The van der Waals surface area contributed by atoms with Crippen LogP contribution in [-0.4, -0.2) is 14.0 Å². The summed E-state index contributed by atoms with van der Waals surface area (Å²) in [7, 11) is 3.78. The standard InChI is InChI=1S/C27H29N4/c1-16-12-18(3)21(14-17(16)2)25-19(4)13-20(5)26(30(25)7)24-15-31-23-11-9-8-10-22(23)28-27(31)29(24)6/h8-15H,1-7H3/q+1/i2D3,4D3. The van der Waals surface area contributed by atoms with Crippen molar-refractivity contribution in [3.63, 3.8) is 0 Å². The number of nitrogens with zero attached hydrogens (tertiary/aromatic N) is 4. The monoisotopic (exact) mass is 415 g/mol. The van der Waals surface area contributed by atoms with E-state index in [1.165, 1.54) is 0 Å². The SMILES string of the molecule is [2H]C([2H])([2H])c1cc(-c2c(C([2H])([2H])[2H])cc(C)c(-c3cn4c5ccccc5nc4n3C)[n+]2C)c(C)cc1C. The van der Waals surface area contributed by atoms with E-state index in [-0.39, 0.29) is 11.1 Å². The lowest BCUT2D eigenvalue weighted by molar-refractivity contribution is -0.650. The molecule has 5 rings (SSSR count). The fraction of sp³-hybridized carbons (Fsp3) is 0.259. The minimum Gasteiger partial charge on any atom is -0.308 e. The first-order chi connectivity index (χ1) is 17.2. The van der Waals surface area contributed by atoms with Gasteiger partial charge in [-0.2, -0.15) is 4.57 Å². The summed E-state index contributed by atoms with van der Waals surface area (Å²) in [5.41, 5.74) is 7.32. The Labute approximate surface area is 191 Å². The van der Waals surface area contributed by atoms with Crippen molar-refractivity contribution in [2.75, 3.05) is 0 Å². The minimum atomic E-state index is -2.40. The van der Waals surface area contributed by atoms with E-state index in [1.807, 2.05) is 78.0 Å². The van der Waals surface area contributed by atoms with Crippen molar-refractivity contribution in [1.29, 1.82) is 0 Å². The number of hydrogen-bond acceptors (Lipinski definition) is 1. The maximum Gasteiger partial charge on any atom is 0.233 e. The first-order valence-corrected chi connectivity index (χ1v) is 10.3. The summed E-state index contributed by atoms with van der Waals surface area (Å²) >= 11 is 0. The molecular formula is C27H29N4+. The predicted molar refractivity (Wildman–Crippen MR) is 127 cm³/mol. The Kier molecular flexibility index (Phi) is 3.03. The molecule has 0 saturated carbocycles. The number of fused-ring (bicyclic) bond motifs is 3. The van der Waals surface area contributed by atoms with Crippen LogP contribution < -0.4 is 4.57 Å². The van der Waals surface area contributed by atoms with Crippen molar-refractivity contribution in [1.82, 2.24) is 14.0 Å². The second kappa shape index (κ2) is 6.81. The van der Waals surface area contributed by atoms with E-state index in [0.717, 1.165) is 39.3 Å². The molecule has 0 aliphatic carbocycles. The third-order valence-electron chi connectivity index (χ3n) is 6.22. The molecule has 0 radical (unpaired) electrons. The highest BCUT2D eigenvalue weighted by Gasteiger charge is 2.27. The first kappa shape index (κ1) is 13.8. The Morgan fingerprint density at radius 2 is 1.61 bits per heavy atom. The highest BCUT2D eigenvalue weighted by atomic mass is 15.2. The molecular weight excluding hydrogens is 380 g/mol. The van der Waals surface area contributed by atoms with Crippen LogP contribution in [0.5, 0.6) is 0 Å². The molecule has 156 valence electrons. The zero-order valence-electron chi connectivity index (χ0n) is 24.4. The van der Waals surface area contributed by atoms with E-state index in [2.05, 4.69) is 0 Å². The van der Waals surface area contributed by atoms with Gasteiger partial charge in [0.1, 0.15) is 12.7 Å². The molecule has 4 heteroatoms. The van der Waals surface area contributed by atoms with Crippen LogP contribution in [0.25, 0.3) is 39.5 Å². The molecule has 0 saturated heterocycles. The van der Waals surface area contributed by atoms with E-state index in [1.54, 1.807) is 19.1 Å². The largest absolute Gasteiger partial charge is 0.308 e. The van der Waals surface area contributed by atoms with Gasteiger partial charge in [-0.05, 0) is 75.4 Å². The van der Waals surface area contributed by atoms with Gasteiger partial charge in [-0.15, -0.1) is 0 Å². The summed E-state index contributed by atoms with van der Waals surface area (Å²) in [6.45, 7) is 0.846. The Hall–Kier alpha value is -3.40. The summed E-state index contributed by atoms with van der Waals surface area (Å²) in [6.07, 6.45) is 2.02. The summed E-state index contributed by atoms with van der Waals surface area (Å²) < 4.78 is 54.9. The number of rotatable bonds is 2. The smallest absolute Gasteiger partial charge is 0.233 e. The lowest BCUT2D eigenvalue weighted by atomic mass is 9.94. The van der Waals surface area contributed by atoms with Crippen molar-refractivity contribution in [3.8, 4) is 22.6 Å². The topological polar surface area (TPSA) is 26.1 Å². The molecule has 0 aliphatic rings. The molecule has 0 fully saturated rings. The van der Waals surface area contributed by atoms with Crippen LogP contribution in [0, 0.1) is 34.5 Å².